The van der Waals surface area contributed by atoms with Gasteiger partial charge in [-0.25, -0.2) is 9.97 Å². The van der Waals surface area contributed by atoms with Gasteiger partial charge in [0, 0.05) is 37.5 Å². The Bertz CT molecular complexity index is 724. The molecule has 2 N–H and O–H groups in total. The minimum absolute atomic E-state index is 0.0119. The zero-order chi connectivity index (χ0) is 16.9. The quantitative estimate of drug-likeness (QED) is 0.841. The number of H-pyrrole nitrogens is 2. The Labute approximate surface area is 141 Å². The Morgan fingerprint density at radius 3 is 3.08 bits per heavy atom. The summed E-state index contributed by atoms with van der Waals surface area (Å²) in [6, 6.07) is 1.56. The van der Waals surface area contributed by atoms with Crippen molar-refractivity contribution in [1.82, 2.24) is 24.8 Å². The van der Waals surface area contributed by atoms with Crippen LogP contribution < -0.4 is 5.56 Å². The minimum atomic E-state index is -0.119. The maximum Gasteiger partial charge on any atom is 0.251 e. The molecule has 2 aromatic rings. The molecule has 1 aliphatic heterocycles. The van der Waals surface area contributed by atoms with E-state index in [2.05, 4.69) is 31.8 Å². The third-order valence-corrected chi connectivity index (χ3v) is 4.28. The van der Waals surface area contributed by atoms with Crippen LogP contribution in [0, 0.1) is 6.92 Å². The predicted octanol–water partition coefficient (Wildman–Crippen LogP) is 1.72. The number of morpholine rings is 1. The van der Waals surface area contributed by atoms with E-state index >= 15 is 0 Å². The summed E-state index contributed by atoms with van der Waals surface area (Å²) in [7, 11) is 0. The number of aromatic nitrogens is 4. The van der Waals surface area contributed by atoms with Crippen molar-refractivity contribution in [3.05, 3.63) is 45.7 Å². The molecule has 1 atom stereocenters. The molecule has 1 aliphatic rings. The molecular formula is C17H25N5O2. The maximum absolute atomic E-state index is 11.8. The second kappa shape index (κ2) is 7.72. The predicted molar refractivity (Wildman–Crippen MR) is 90.8 cm³/mol. The van der Waals surface area contributed by atoms with Crippen LogP contribution in [0.3, 0.4) is 0 Å². The Balaban J connectivity index is 1.74. The highest BCUT2D eigenvalue weighted by Crippen LogP contribution is 2.23. The van der Waals surface area contributed by atoms with Crippen LogP contribution in [-0.4, -0.2) is 44.6 Å². The number of hydrogen-bond donors (Lipinski definition) is 2. The van der Waals surface area contributed by atoms with Crippen LogP contribution in [0.25, 0.3) is 0 Å². The largest absolute Gasteiger partial charge is 0.378 e. The van der Waals surface area contributed by atoms with E-state index in [0.29, 0.717) is 19.0 Å². The summed E-state index contributed by atoms with van der Waals surface area (Å²) in [6.07, 6.45) is 5.20. The van der Waals surface area contributed by atoms with Gasteiger partial charge in [-0.05, 0) is 13.3 Å². The lowest BCUT2D eigenvalue weighted by atomic mass is 10.1. The fourth-order valence-corrected chi connectivity index (χ4v) is 3.05. The topological polar surface area (TPSA) is 86.9 Å². The van der Waals surface area contributed by atoms with Crippen LogP contribution in [0.5, 0.6) is 0 Å². The van der Waals surface area contributed by atoms with Gasteiger partial charge in [-0.2, -0.15) is 0 Å². The molecule has 0 aliphatic carbocycles. The van der Waals surface area contributed by atoms with Crippen LogP contribution >= 0.6 is 0 Å². The second-order valence-electron chi connectivity index (χ2n) is 6.28. The molecule has 0 aromatic carbocycles. The first-order chi connectivity index (χ1) is 11.7. The zero-order valence-electron chi connectivity index (χ0n) is 14.3. The summed E-state index contributed by atoms with van der Waals surface area (Å²) in [5, 5.41) is 0. The van der Waals surface area contributed by atoms with E-state index in [9.17, 15) is 4.79 Å². The van der Waals surface area contributed by atoms with Gasteiger partial charge in [0.2, 0.25) is 0 Å². The summed E-state index contributed by atoms with van der Waals surface area (Å²) in [4.78, 5) is 29.1. The normalized spacial score (nSPS) is 18.8. The monoisotopic (exact) mass is 331 g/mol. The van der Waals surface area contributed by atoms with Gasteiger partial charge < -0.3 is 14.7 Å². The summed E-state index contributed by atoms with van der Waals surface area (Å²) in [5.41, 5.74) is 1.74. The first kappa shape index (κ1) is 16.9. The zero-order valence-corrected chi connectivity index (χ0v) is 14.3. The van der Waals surface area contributed by atoms with Gasteiger partial charge >= 0.3 is 0 Å². The van der Waals surface area contributed by atoms with Gasteiger partial charge in [0.05, 0.1) is 24.9 Å². The van der Waals surface area contributed by atoms with Gasteiger partial charge in [-0.15, -0.1) is 0 Å². The van der Waals surface area contributed by atoms with E-state index in [1.807, 2.05) is 6.20 Å². The van der Waals surface area contributed by atoms with Crippen LogP contribution in [-0.2, 0) is 17.7 Å². The summed E-state index contributed by atoms with van der Waals surface area (Å²) < 4.78 is 5.62. The van der Waals surface area contributed by atoms with Gasteiger partial charge in [0.1, 0.15) is 11.6 Å². The Kier molecular flexibility index (Phi) is 5.42. The maximum atomic E-state index is 11.8. The molecule has 0 bridgehead atoms. The van der Waals surface area contributed by atoms with Crippen molar-refractivity contribution >= 4 is 0 Å². The lowest BCUT2D eigenvalue weighted by molar-refractivity contribution is -0.0148. The Morgan fingerprint density at radius 1 is 1.42 bits per heavy atom. The van der Waals surface area contributed by atoms with E-state index in [1.165, 1.54) is 0 Å². The molecule has 1 saturated heterocycles. The Morgan fingerprint density at radius 2 is 2.29 bits per heavy atom. The average molecular weight is 331 g/mol. The third kappa shape index (κ3) is 4.10. The molecule has 1 unspecified atom stereocenters. The molecule has 3 heterocycles. The fourth-order valence-electron chi connectivity index (χ4n) is 3.05. The van der Waals surface area contributed by atoms with Crippen LogP contribution in [0.15, 0.2) is 17.1 Å². The molecule has 0 saturated carbocycles. The van der Waals surface area contributed by atoms with Crippen molar-refractivity contribution in [2.75, 3.05) is 19.8 Å². The molecule has 3 rings (SSSR count). The number of hydrogen-bond acceptors (Lipinski definition) is 5. The average Bonchev–Trinajstić information content (AvgIpc) is 3.00. The summed E-state index contributed by atoms with van der Waals surface area (Å²) in [5.74, 6) is 1.67. The number of aryl methyl sites for hydroxylation is 2. The number of aromatic amines is 2. The first-order valence-corrected chi connectivity index (χ1v) is 8.58. The van der Waals surface area contributed by atoms with Crippen molar-refractivity contribution in [2.45, 2.75) is 45.7 Å². The fraction of sp³-hybridized carbons (Fsp3) is 0.588. The lowest BCUT2D eigenvalue weighted by Gasteiger charge is -2.34. The molecule has 130 valence electrons. The van der Waals surface area contributed by atoms with Gasteiger partial charge in [0.15, 0.2) is 0 Å². The van der Waals surface area contributed by atoms with E-state index in [1.54, 1.807) is 13.0 Å². The van der Waals surface area contributed by atoms with E-state index in [4.69, 9.17) is 4.74 Å². The molecule has 1 fully saturated rings. The van der Waals surface area contributed by atoms with Crippen molar-refractivity contribution in [1.29, 1.82) is 0 Å². The molecule has 7 nitrogen and oxygen atoms in total. The van der Waals surface area contributed by atoms with Crippen LogP contribution in [0.4, 0.5) is 0 Å². The van der Waals surface area contributed by atoms with E-state index in [0.717, 1.165) is 49.6 Å². The van der Waals surface area contributed by atoms with Crippen LogP contribution in [0.2, 0.25) is 0 Å². The van der Waals surface area contributed by atoms with Gasteiger partial charge in [-0.1, -0.05) is 13.3 Å². The van der Waals surface area contributed by atoms with Crippen molar-refractivity contribution in [2.24, 2.45) is 0 Å². The summed E-state index contributed by atoms with van der Waals surface area (Å²) in [6.45, 7) is 6.77. The SMILES string of the molecule is CCCCc1ncc(CN2CCOCC2c2cc(=O)[nH]c(C)n2)[nH]1. The molecule has 24 heavy (non-hydrogen) atoms. The number of unbranched alkanes of at least 4 members (excludes halogenated alkanes) is 1. The number of nitrogens with one attached hydrogen (secondary N) is 2. The molecule has 0 radical (unpaired) electrons. The van der Waals surface area contributed by atoms with Gasteiger partial charge in [-0.3, -0.25) is 9.69 Å². The van der Waals surface area contributed by atoms with E-state index < -0.39 is 0 Å². The smallest absolute Gasteiger partial charge is 0.251 e. The minimum Gasteiger partial charge on any atom is -0.378 e. The van der Waals surface area contributed by atoms with Crippen LogP contribution in [0.1, 0.15) is 48.8 Å². The lowest BCUT2D eigenvalue weighted by Crippen LogP contribution is -2.40. The summed E-state index contributed by atoms with van der Waals surface area (Å²) >= 11 is 0. The highest BCUT2D eigenvalue weighted by molar-refractivity contribution is 5.10. The first-order valence-electron chi connectivity index (χ1n) is 8.58. The number of rotatable bonds is 6. The molecular weight excluding hydrogens is 306 g/mol. The van der Waals surface area contributed by atoms with Crippen molar-refractivity contribution in [3.63, 3.8) is 0 Å². The standard InChI is InChI=1S/C17H25N5O2/c1-3-4-5-16-18-9-13(21-16)10-22-6-7-24-11-15(22)14-8-17(23)20-12(2)19-14/h8-9,15H,3-7,10-11H2,1-2H3,(H,18,21)(H,19,20,23). The van der Waals surface area contributed by atoms with E-state index in [-0.39, 0.29) is 11.6 Å². The highest BCUT2D eigenvalue weighted by Gasteiger charge is 2.26. The number of imidazole rings is 1. The third-order valence-electron chi connectivity index (χ3n) is 4.28. The molecule has 2 aromatic heterocycles. The number of nitrogens with zero attached hydrogens (tertiary/aromatic N) is 3. The van der Waals surface area contributed by atoms with Crippen molar-refractivity contribution < 1.29 is 4.74 Å². The highest BCUT2D eigenvalue weighted by atomic mass is 16.5. The molecule has 0 spiro atoms. The second-order valence-corrected chi connectivity index (χ2v) is 6.28. The molecule has 0 amide bonds. The van der Waals surface area contributed by atoms with Crippen molar-refractivity contribution in [3.8, 4) is 0 Å². The number of ether oxygens (including phenoxy) is 1. The Hall–Kier alpha value is -1.99. The van der Waals surface area contributed by atoms with Gasteiger partial charge in [0.25, 0.3) is 5.56 Å². The molecule has 7 heteroatoms.